The van der Waals surface area contributed by atoms with E-state index < -0.39 is 12.2 Å². The van der Waals surface area contributed by atoms with Crippen molar-refractivity contribution in [1.82, 2.24) is 21.0 Å². The lowest BCUT2D eigenvalue weighted by molar-refractivity contribution is -0.166. The van der Waals surface area contributed by atoms with Crippen LogP contribution in [0, 0.1) is 29.1 Å². The molecule has 55 heavy (non-hydrogen) atoms. The second-order valence-corrected chi connectivity index (χ2v) is 16.8. The van der Waals surface area contributed by atoms with Crippen molar-refractivity contribution < 1.29 is 24.3 Å². The molecule has 2 bridgehead atoms. The van der Waals surface area contributed by atoms with Gasteiger partial charge in [-0.25, -0.2) is 0 Å². The molecular weight excluding hydrogens is 691 g/mol. The molecular formula is C45H61N5O5. The zero-order chi connectivity index (χ0) is 39.6. The van der Waals surface area contributed by atoms with Crippen LogP contribution in [0.4, 0.5) is 5.69 Å². The van der Waals surface area contributed by atoms with Crippen LogP contribution < -0.4 is 25.6 Å². The highest BCUT2D eigenvalue weighted by atomic mass is 16.7. The van der Waals surface area contributed by atoms with E-state index in [4.69, 9.17) is 9.57 Å². The van der Waals surface area contributed by atoms with Crippen molar-refractivity contribution in [2.45, 2.75) is 84.7 Å². The SMILES string of the molecule is C=C(N[C@H]1C[C@H]2C[C@@H]([C@@H]1C)C2(C)C)[C@@H]1[C@H]([C@H](C)O)[C@H](CNC(C)=O)ON1Cc1cccc(-c2cc(C(=O)NCCc3ccccc3)cc(N(C)C)c2)c1OC. The molecule has 0 spiro atoms. The molecule has 1 saturated heterocycles. The van der Waals surface area contributed by atoms with Crippen LogP contribution in [0.15, 0.2) is 79.0 Å². The van der Waals surface area contributed by atoms with Crippen LogP contribution in [0.2, 0.25) is 0 Å². The molecule has 1 heterocycles. The third-order valence-corrected chi connectivity index (χ3v) is 12.7. The molecule has 0 radical (unpaired) electrons. The maximum atomic E-state index is 13.5. The van der Waals surface area contributed by atoms with E-state index in [1.54, 1.807) is 14.0 Å². The summed E-state index contributed by atoms with van der Waals surface area (Å²) in [7, 11) is 5.58. The van der Waals surface area contributed by atoms with Gasteiger partial charge < -0.3 is 30.7 Å². The molecule has 296 valence electrons. The Morgan fingerprint density at radius 1 is 1.07 bits per heavy atom. The van der Waals surface area contributed by atoms with E-state index in [1.165, 1.54) is 18.9 Å². The minimum atomic E-state index is -0.734. The van der Waals surface area contributed by atoms with Gasteiger partial charge in [0.15, 0.2) is 0 Å². The van der Waals surface area contributed by atoms with Gasteiger partial charge in [0, 0.05) is 74.1 Å². The molecule has 10 nitrogen and oxygen atoms in total. The summed E-state index contributed by atoms with van der Waals surface area (Å²) in [6.45, 7) is 16.1. The number of hydrogen-bond donors (Lipinski definition) is 4. The summed E-state index contributed by atoms with van der Waals surface area (Å²) >= 11 is 0. The Kier molecular flexibility index (Phi) is 12.3. The maximum absolute atomic E-state index is 13.5. The monoisotopic (exact) mass is 751 g/mol. The average Bonchev–Trinajstić information content (AvgIpc) is 3.52. The van der Waals surface area contributed by atoms with Crippen LogP contribution in [-0.4, -0.2) is 80.6 Å². The molecule has 2 amide bonds. The van der Waals surface area contributed by atoms with Crippen LogP contribution in [0.5, 0.6) is 5.75 Å². The van der Waals surface area contributed by atoms with E-state index >= 15 is 0 Å². The van der Waals surface area contributed by atoms with Gasteiger partial charge in [-0.2, -0.15) is 5.06 Å². The number of nitrogens with zero attached hydrogens (tertiary/aromatic N) is 2. The average molecular weight is 752 g/mol. The standard InChI is InChI=1S/C45H61N5O5/c1-27-38-23-35(45(38,5)6)24-39(27)48-28(2)42-41(29(3)51)40(25-47-30(4)52)55-50(42)26-32-16-13-17-37(43(32)54-9)33-20-34(22-36(21-33)49(7)8)44(53)46-19-18-31-14-11-10-12-15-31/h10-17,20-22,27,29,35,38-42,48,51H,2,18-19,23-26H2,1,3-9H3,(H,46,53)(H,47,52)/t27-,29-,35+,38-,39-,40-,41+,42+/m0/s1. The third-order valence-electron chi connectivity index (χ3n) is 12.7. The lowest BCUT2D eigenvalue weighted by Crippen LogP contribution is -2.60. The summed E-state index contributed by atoms with van der Waals surface area (Å²) in [4.78, 5) is 34.2. The number of amides is 2. The van der Waals surface area contributed by atoms with Crippen LogP contribution in [0.1, 0.15) is 68.9 Å². The fraction of sp³-hybridized carbons (Fsp3) is 0.511. The molecule has 0 aromatic heterocycles. The second-order valence-electron chi connectivity index (χ2n) is 16.8. The number of rotatable bonds is 15. The highest BCUT2D eigenvalue weighted by Gasteiger charge is 2.57. The van der Waals surface area contributed by atoms with Gasteiger partial charge in [-0.1, -0.05) is 75.9 Å². The number of carbonyl (C=O) groups is 2. The molecule has 10 heteroatoms. The molecule has 3 saturated carbocycles. The van der Waals surface area contributed by atoms with Crippen molar-refractivity contribution in [3.63, 3.8) is 0 Å². The Bertz CT molecular complexity index is 1840. The largest absolute Gasteiger partial charge is 0.496 e. The summed E-state index contributed by atoms with van der Waals surface area (Å²) in [5.41, 5.74) is 6.35. The first kappa shape index (κ1) is 40.3. The molecule has 8 atom stereocenters. The van der Waals surface area contributed by atoms with E-state index in [2.05, 4.69) is 61.5 Å². The van der Waals surface area contributed by atoms with Gasteiger partial charge in [-0.05, 0) is 78.7 Å². The number of hydrogen-bond acceptors (Lipinski definition) is 8. The number of carbonyl (C=O) groups excluding carboxylic acids is 2. The smallest absolute Gasteiger partial charge is 0.251 e. The molecule has 3 aromatic carbocycles. The Labute approximate surface area is 327 Å². The van der Waals surface area contributed by atoms with Crippen molar-refractivity contribution >= 4 is 17.5 Å². The van der Waals surface area contributed by atoms with Gasteiger partial charge in [-0.3, -0.25) is 14.4 Å². The molecule has 7 rings (SSSR count). The number of hydroxylamine groups is 2. The number of fused-ring (bicyclic) bond motifs is 2. The van der Waals surface area contributed by atoms with Gasteiger partial charge in [0.1, 0.15) is 11.9 Å². The number of methoxy groups -OCH3 is 1. The number of aliphatic hydroxyl groups is 1. The second kappa shape index (κ2) is 16.8. The first-order valence-corrected chi connectivity index (χ1v) is 19.8. The number of para-hydroxylation sites is 1. The predicted octanol–water partition coefficient (Wildman–Crippen LogP) is 6.19. The zero-order valence-corrected chi connectivity index (χ0v) is 33.9. The highest BCUT2D eigenvalue weighted by Crippen LogP contribution is 2.61. The van der Waals surface area contributed by atoms with Crippen LogP contribution in [0.3, 0.4) is 0 Å². The minimum absolute atomic E-state index is 0.141. The zero-order valence-electron chi connectivity index (χ0n) is 33.9. The van der Waals surface area contributed by atoms with E-state index in [0.29, 0.717) is 47.6 Å². The van der Waals surface area contributed by atoms with Crippen LogP contribution in [-0.2, 0) is 22.6 Å². The Morgan fingerprint density at radius 2 is 1.82 bits per heavy atom. The predicted molar refractivity (Wildman–Crippen MR) is 219 cm³/mol. The van der Waals surface area contributed by atoms with Crippen LogP contribution in [0.25, 0.3) is 11.1 Å². The van der Waals surface area contributed by atoms with Gasteiger partial charge in [-0.15, -0.1) is 0 Å². The van der Waals surface area contributed by atoms with E-state index in [0.717, 1.165) is 40.9 Å². The molecule has 3 aliphatic carbocycles. The number of nitrogens with one attached hydrogen (secondary N) is 3. The van der Waals surface area contributed by atoms with Gasteiger partial charge in [0.05, 0.1) is 25.8 Å². The number of benzene rings is 3. The number of anilines is 1. The third kappa shape index (κ3) is 8.56. The Morgan fingerprint density at radius 3 is 2.45 bits per heavy atom. The fourth-order valence-corrected chi connectivity index (χ4v) is 9.47. The molecule has 4 fully saturated rings. The number of aliphatic hydroxyl groups excluding tert-OH is 1. The lowest BCUT2D eigenvalue weighted by Gasteiger charge is -2.62. The summed E-state index contributed by atoms with van der Waals surface area (Å²) in [5.74, 6) is 1.83. The summed E-state index contributed by atoms with van der Waals surface area (Å²) < 4.78 is 6.16. The van der Waals surface area contributed by atoms with E-state index in [9.17, 15) is 14.7 Å². The molecule has 1 aliphatic heterocycles. The first-order valence-electron chi connectivity index (χ1n) is 19.8. The Hall–Kier alpha value is -4.38. The van der Waals surface area contributed by atoms with Crippen molar-refractivity contribution in [3.8, 4) is 16.9 Å². The molecule has 3 aromatic rings. The van der Waals surface area contributed by atoms with E-state index in [1.807, 2.05) is 72.6 Å². The lowest BCUT2D eigenvalue weighted by atomic mass is 9.44. The molecule has 4 aliphatic rings. The summed E-state index contributed by atoms with van der Waals surface area (Å²) in [6.07, 6.45) is 1.90. The van der Waals surface area contributed by atoms with Crippen molar-refractivity contribution in [2.75, 3.05) is 39.2 Å². The molecule has 0 unspecified atom stereocenters. The molecule has 4 N–H and O–H groups in total. The quantitative estimate of drug-likeness (QED) is 0.145. The summed E-state index contributed by atoms with van der Waals surface area (Å²) in [5, 5.41) is 23.0. The minimum Gasteiger partial charge on any atom is -0.496 e. The first-order chi connectivity index (χ1) is 26.2. The van der Waals surface area contributed by atoms with E-state index in [-0.39, 0.29) is 36.4 Å². The highest BCUT2D eigenvalue weighted by molar-refractivity contribution is 5.97. The van der Waals surface area contributed by atoms with Crippen LogP contribution >= 0.6 is 0 Å². The fourth-order valence-electron chi connectivity index (χ4n) is 9.47. The van der Waals surface area contributed by atoms with Crippen molar-refractivity contribution in [3.05, 3.63) is 95.7 Å². The van der Waals surface area contributed by atoms with Gasteiger partial charge in [0.25, 0.3) is 5.91 Å². The summed E-state index contributed by atoms with van der Waals surface area (Å²) in [6, 6.07) is 21.9. The van der Waals surface area contributed by atoms with Crippen molar-refractivity contribution in [2.24, 2.45) is 29.1 Å². The number of ether oxygens (including phenoxy) is 1. The normalized spacial score (nSPS) is 26.0. The maximum Gasteiger partial charge on any atom is 0.251 e. The topological polar surface area (TPSA) is 115 Å². The van der Waals surface area contributed by atoms with Gasteiger partial charge in [0.2, 0.25) is 5.91 Å². The Balaban J connectivity index is 1.28. The van der Waals surface area contributed by atoms with Gasteiger partial charge >= 0.3 is 0 Å². The van der Waals surface area contributed by atoms with Crippen molar-refractivity contribution in [1.29, 1.82) is 0 Å².